The van der Waals surface area contributed by atoms with Gasteiger partial charge in [0, 0.05) is 17.1 Å². The van der Waals surface area contributed by atoms with E-state index in [1.165, 1.54) is 0 Å². The Kier molecular flexibility index (Phi) is 225. The van der Waals surface area contributed by atoms with Crippen LogP contribution in [0.4, 0.5) is 0 Å². The van der Waals surface area contributed by atoms with Crippen molar-refractivity contribution in [2.75, 3.05) is 0 Å². The van der Waals surface area contributed by atoms with Gasteiger partial charge in [0.15, 0.2) is 17.4 Å². The van der Waals surface area contributed by atoms with Gasteiger partial charge in [0.05, 0.1) is 0 Å². The van der Waals surface area contributed by atoms with E-state index in [0.717, 1.165) is 0 Å². The Morgan fingerprint density at radius 2 is 1.25 bits per heavy atom. The van der Waals surface area contributed by atoms with Crippen LogP contribution in [0.25, 0.3) is 0 Å². The molecule has 0 amide bonds. The van der Waals surface area contributed by atoms with Gasteiger partial charge in [0.1, 0.15) is 0 Å². The van der Waals surface area contributed by atoms with Gasteiger partial charge in [-0.1, -0.05) is 0 Å². The van der Waals surface area contributed by atoms with Crippen molar-refractivity contribution < 1.29 is 25.4 Å². The first-order valence-electron chi connectivity index (χ1n) is 0. The molecule has 1 nitrogen and oxygen atoms in total. The van der Waals surface area contributed by atoms with Crippen LogP contribution in [0.15, 0.2) is 0 Å². The van der Waals surface area contributed by atoms with Crippen LogP contribution in [0.3, 0.4) is 0 Å². The van der Waals surface area contributed by atoms with Crippen LogP contribution in [0.2, 0.25) is 0 Å². The Morgan fingerprint density at radius 1 is 1.25 bits per heavy atom. The zero-order chi connectivity index (χ0) is 0. The van der Waals surface area contributed by atoms with Gasteiger partial charge < -0.3 is 8.33 Å². The Morgan fingerprint density at radius 3 is 1.25 bits per heavy atom. The zero-order valence-corrected chi connectivity index (χ0v) is 4.08. The van der Waals surface area contributed by atoms with Crippen LogP contribution < -0.4 is 0 Å². The summed E-state index contributed by atoms with van der Waals surface area (Å²) >= 11 is 0. The van der Waals surface area contributed by atoms with Crippen molar-refractivity contribution in [1.82, 2.24) is 0 Å². The van der Waals surface area contributed by atoms with Gasteiger partial charge in [-0.2, -0.15) is 0 Å². The molecule has 0 spiro atoms. The topological polar surface area (TPSA) is 31.5 Å². The Bertz CT molecular complexity index is 13.5. The molecule has 0 saturated heterocycles. The third kappa shape index (κ3) is 9.22. The minimum atomic E-state index is 0. The maximum atomic E-state index is 0. The van der Waals surface area contributed by atoms with Crippen molar-refractivity contribution in [1.29, 1.82) is 0 Å². The quantitative estimate of drug-likeness (QED) is 0.334. The van der Waals surface area contributed by atoms with E-state index in [-0.39, 0.29) is 65.8 Å². The van der Waals surface area contributed by atoms with E-state index in [1.54, 1.807) is 0 Å². The first-order valence-corrected chi connectivity index (χ1v) is 0. The van der Waals surface area contributed by atoms with Gasteiger partial charge in [0.25, 0.3) is 0 Å². The van der Waals surface area contributed by atoms with E-state index in [1.807, 2.05) is 0 Å². The Hall–Kier alpha value is 1.78. The molecular formula is H7AlFeMgO. The van der Waals surface area contributed by atoms with Crippen LogP contribution in [0, 0.1) is 0 Å². The first kappa shape index (κ1) is 41.7. The molecule has 0 radical (unpaired) electrons. The molecule has 4 heavy (non-hydrogen) atoms. The predicted molar refractivity (Wildman–Crippen MR) is 21.5 cm³/mol. The summed E-state index contributed by atoms with van der Waals surface area (Å²) in [5, 5.41) is 0. The van der Waals surface area contributed by atoms with Crippen LogP contribution >= 0.6 is 0 Å². The monoisotopic (exact) mass is 130 g/mol. The fraction of sp³-hybridized carbons (Fsp3) is 0. The van der Waals surface area contributed by atoms with E-state index in [9.17, 15) is 0 Å². The fourth-order valence-electron chi connectivity index (χ4n) is 0. The van der Waals surface area contributed by atoms with E-state index >= 15 is 0 Å². The summed E-state index contributed by atoms with van der Waals surface area (Å²) in [7, 11) is 0. The minimum Gasteiger partial charge on any atom is -1.00 e. The molecule has 0 unspecified atom stereocenters. The summed E-state index contributed by atoms with van der Waals surface area (Å²) in [6.45, 7) is 0. The average molecular weight is 130 g/mol. The minimum absolute atomic E-state index is 0. The van der Waals surface area contributed by atoms with Crippen molar-refractivity contribution in [3.8, 4) is 0 Å². The van der Waals surface area contributed by atoms with Crippen LogP contribution in [0.5, 0.6) is 0 Å². The molecular weight excluding hydrogens is 123 g/mol. The third-order valence-corrected chi connectivity index (χ3v) is 0. The molecule has 2 N–H and O–H groups in total. The standard InChI is InChI=1S/Al.Fe.Mg.H2O.5H/h;;;1H2;;;;;/q;;+2;;;;;2*-1. The molecule has 0 rings (SSSR count). The van der Waals surface area contributed by atoms with Crippen molar-refractivity contribution in [2.24, 2.45) is 0 Å². The summed E-state index contributed by atoms with van der Waals surface area (Å²) in [5.74, 6) is 0. The van der Waals surface area contributed by atoms with Gasteiger partial charge in [-0.05, 0) is 0 Å². The van der Waals surface area contributed by atoms with Crippen LogP contribution in [-0.4, -0.2) is 45.9 Å². The molecule has 0 aliphatic carbocycles. The van der Waals surface area contributed by atoms with Gasteiger partial charge in [-0.25, -0.2) is 0 Å². The number of rotatable bonds is 0. The summed E-state index contributed by atoms with van der Waals surface area (Å²) in [5.41, 5.74) is 0. The fourth-order valence-corrected chi connectivity index (χ4v) is 0. The van der Waals surface area contributed by atoms with Gasteiger partial charge >= 0.3 is 23.1 Å². The molecule has 0 aromatic heterocycles. The third-order valence-electron chi connectivity index (χ3n) is 0. The first-order chi connectivity index (χ1) is 0. The van der Waals surface area contributed by atoms with Gasteiger partial charge in [-0.3, -0.25) is 0 Å². The predicted octanol–water partition coefficient (Wildman–Crippen LogP) is -2.17. The second-order valence-electron chi connectivity index (χ2n) is 0. The van der Waals surface area contributed by atoms with Crippen molar-refractivity contribution in [3.05, 3.63) is 0 Å². The van der Waals surface area contributed by atoms with Gasteiger partial charge in [0.2, 0.25) is 0 Å². The molecule has 4 heteroatoms. The summed E-state index contributed by atoms with van der Waals surface area (Å²) in [6.07, 6.45) is 0. The van der Waals surface area contributed by atoms with Gasteiger partial charge in [-0.15, -0.1) is 0 Å². The maximum absolute atomic E-state index is 0. The maximum Gasteiger partial charge on any atom is 2.00 e. The van der Waals surface area contributed by atoms with Crippen LogP contribution in [-0.2, 0) is 17.1 Å². The summed E-state index contributed by atoms with van der Waals surface area (Å²) in [4.78, 5) is 0. The second kappa shape index (κ2) is 21.6. The molecule has 0 aliphatic heterocycles. The van der Waals surface area contributed by atoms with E-state index in [4.69, 9.17) is 0 Å². The molecule has 26 valence electrons. The SMILES string of the molecule is O.[AlH3].[Fe].[H-].[H-].[Mg+2]. The van der Waals surface area contributed by atoms with Crippen molar-refractivity contribution in [3.63, 3.8) is 0 Å². The van der Waals surface area contributed by atoms with Crippen molar-refractivity contribution >= 4 is 40.4 Å². The zero-order valence-electron chi connectivity index (χ0n) is 3.56. The Labute approximate surface area is 65.6 Å². The second-order valence-corrected chi connectivity index (χ2v) is 0. The van der Waals surface area contributed by atoms with Crippen LogP contribution in [0.1, 0.15) is 2.85 Å². The molecule has 0 bridgehead atoms. The largest absolute Gasteiger partial charge is 2.00 e. The Balaban J connectivity index is 0. The molecule has 0 aliphatic rings. The summed E-state index contributed by atoms with van der Waals surface area (Å²) in [6, 6.07) is 0. The normalized spacial score (nSPS) is 0. The van der Waals surface area contributed by atoms with Crippen molar-refractivity contribution in [2.45, 2.75) is 0 Å². The van der Waals surface area contributed by atoms with E-state index < -0.39 is 0 Å². The summed E-state index contributed by atoms with van der Waals surface area (Å²) < 4.78 is 0. The molecule has 0 aromatic rings. The number of hydrogen-bond acceptors (Lipinski definition) is 0. The molecule has 0 fully saturated rings. The molecule has 0 saturated carbocycles. The number of hydrogen-bond donors (Lipinski definition) is 0. The average Bonchev–Trinajstić information content (AvgIpc) is 0. The molecule has 0 aromatic carbocycles. The van der Waals surface area contributed by atoms with E-state index in [2.05, 4.69) is 0 Å². The molecule has 0 heterocycles. The smallest absolute Gasteiger partial charge is 1.00 e. The van der Waals surface area contributed by atoms with E-state index in [0.29, 0.717) is 0 Å². The molecule has 0 atom stereocenters.